The minimum Gasteiger partial charge on any atom is -0.374 e. The fraction of sp³-hybridized carbons (Fsp3) is 0.636. The molecule has 1 unspecified atom stereocenters. The quantitative estimate of drug-likeness (QED) is 0.808. The molecule has 1 aliphatic heterocycles. The lowest BCUT2D eigenvalue weighted by molar-refractivity contribution is -0.0117. The predicted molar refractivity (Wildman–Crippen MR) is 62.5 cm³/mol. The minimum absolute atomic E-state index is 0.237. The van der Waals surface area contributed by atoms with Crippen LogP contribution in [0.1, 0.15) is 5.56 Å². The molecule has 0 aromatic carbocycles. The van der Waals surface area contributed by atoms with Gasteiger partial charge < -0.3 is 15.0 Å². The molecule has 1 fully saturated rings. The van der Waals surface area contributed by atoms with Crippen molar-refractivity contribution in [3.63, 3.8) is 0 Å². The van der Waals surface area contributed by atoms with Gasteiger partial charge in [0.05, 0.1) is 18.9 Å². The molecule has 1 saturated heterocycles. The van der Waals surface area contributed by atoms with E-state index in [1.165, 1.54) is 0 Å². The maximum Gasteiger partial charge on any atom is 0.148 e. The van der Waals surface area contributed by atoms with Gasteiger partial charge in [-0.3, -0.25) is 0 Å². The first kappa shape index (κ1) is 11.3. The summed E-state index contributed by atoms with van der Waals surface area (Å²) >= 11 is 0. The van der Waals surface area contributed by atoms with Crippen LogP contribution in [0.25, 0.3) is 0 Å². The Morgan fingerprint density at radius 1 is 1.62 bits per heavy atom. The maximum atomic E-state index is 5.65. The zero-order valence-corrected chi connectivity index (χ0v) is 9.81. The van der Waals surface area contributed by atoms with Gasteiger partial charge >= 0.3 is 0 Å². The molecule has 2 heterocycles. The van der Waals surface area contributed by atoms with Gasteiger partial charge in [0.15, 0.2) is 0 Å². The van der Waals surface area contributed by atoms with Crippen molar-refractivity contribution in [2.24, 2.45) is 0 Å². The van der Waals surface area contributed by atoms with Gasteiger partial charge in [-0.2, -0.15) is 5.10 Å². The molecule has 0 bridgehead atoms. The molecule has 0 aliphatic carbocycles. The Morgan fingerprint density at radius 2 is 2.50 bits per heavy atom. The Bertz CT molecular complexity index is 345. The highest BCUT2D eigenvalue weighted by Crippen LogP contribution is 2.06. The van der Waals surface area contributed by atoms with Crippen LogP contribution in [0.5, 0.6) is 0 Å². The lowest BCUT2D eigenvalue weighted by Crippen LogP contribution is -2.43. The van der Waals surface area contributed by atoms with E-state index < -0.39 is 0 Å². The lowest BCUT2D eigenvalue weighted by atomic mass is 10.3. The van der Waals surface area contributed by atoms with Gasteiger partial charge in [0.25, 0.3) is 0 Å². The van der Waals surface area contributed by atoms with Crippen molar-refractivity contribution < 1.29 is 4.74 Å². The van der Waals surface area contributed by atoms with Crippen LogP contribution in [-0.4, -0.2) is 54.5 Å². The molecular formula is C11H18N4O. The van der Waals surface area contributed by atoms with Gasteiger partial charge in [-0.25, -0.2) is 0 Å². The summed E-state index contributed by atoms with van der Waals surface area (Å²) < 4.78 is 5.65. The third kappa shape index (κ3) is 3.15. The first-order valence-corrected chi connectivity index (χ1v) is 5.57. The van der Waals surface area contributed by atoms with Crippen molar-refractivity contribution in [3.8, 4) is 0 Å². The van der Waals surface area contributed by atoms with Crippen LogP contribution in [0.3, 0.4) is 0 Å². The summed E-state index contributed by atoms with van der Waals surface area (Å²) in [6, 6.07) is 1.99. The van der Waals surface area contributed by atoms with E-state index in [0.717, 1.165) is 37.6 Å². The molecule has 0 amide bonds. The molecular weight excluding hydrogens is 204 g/mol. The highest BCUT2D eigenvalue weighted by atomic mass is 16.5. The molecule has 1 aromatic rings. The number of ether oxygens (including phenoxy) is 1. The van der Waals surface area contributed by atoms with Crippen molar-refractivity contribution in [3.05, 3.63) is 17.8 Å². The van der Waals surface area contributed by atoms with Gasteiger partial charge in [-0.05, 0) is 25.6 Å². The Balaban J connectivity index is 1.82. The van der Waals surface area contributed by atoms with Crippen LogP contribution in [0.2, 0.25) is 0 Å². The Labute approximate surface area is 95.8 Å². The molecule has 0 radical (unpaired) electrons. The van der Waals surface area contributed by atoms with Crippen LogP contribution in [-0.2, 0) is 4.74 Å². The summed E-state index contributed by atoms with van der Waals surface area (Å²) in [5, 5.41) is 11.2. The average molecular weight is 222 g/mol. The highest BCUT2D eigenvalue weighted by molar-refractivity contribution is 5.35. The van der Waals surface area contributed by atoms with Crippen molar-refractivity contribution in [1.29, 1.82) is 0 Å². The number of nitrogens with zero attached hydrogens (tertiary/aromatic N) is 3. The van der Waals surface area contributed by atoms with Gasteiger partial charge in [-0.15, -0.1) is 5.10 Å². The largest absolute Gasteiger partial charge is 0.374 e. The topological polar surface area (TPSA) is 50.3 Å². The molecule has 1 aromatic heterocycles. The molecule has 1 N–H and O–H groups in total. The van der Waals surface area contributed by atoms with Crippen molar-refractivity contribution >= 4 is 5.82 Å². The van der Waals surface area contributed by atoms with Crippen LogP contribution < -0.4 is 5.32 Å². The van der Waals surface area contributed by atoms with E-state index in [9.17, 15) is 0 Å². The van der Waals surface area contributed by atoms with Crippen LogP contribution in [0.4, 0.5) is 5.82 Å². The molecule has 0 saturated carbocycles. The van der Waals surface area contributed by atoms with Gasteiger partial charge in [-0.1, -0.05) is 0 Å². The molecule has 5 nitrogen and oxygen atoms in total. The summed E-state index contributed by atoms with van der Waals surface area (Å²) in [6.45, 7) is 5.57. The fourth-order valence-electron chi connectivity index (χ4n) is 1.76. The second kappa shape index (κ2) is 5.23. The Kier molecular flexibility index (Phi) is 3.69. The first-order chi connectivity index (χ1) is 7.74. The minimum atomic E-state index is 0.237. The molecule has 5 heteroatoms. The third-order valence-electron chi connectivity index (χ3n) is 2.64. The standard InChI is InChI=1S/C11H18N4O/c1-9-5-11(14-13-6-9)12-7-10-8-15(2)3-4-16-10/h5-6,10H,3-4,7-8H2,1-2H3,(H,12,14). The van der Waals surface area contributed by atoms with E-state index in [1.54, 1.807) is 6.20 Å². The number of rotatable bonds is 3. The normalized spacial score (nSPS) is 22.0. The van der Waals surface area contributed by atoms with E-state index in [4.69, 9.17) is 4.74 Å². The smallest absolute Gasteiger partial charge is 0.148 e. The first-order valence-electron chi connectivity index (χ1n) is 5.57. The predicted octanol–water partition coefficient (Wildman–Crippen LogP) is 0.528. The summed E-state index contributed by atoms with van der Waals surface area (Å²) in [4.78, 5) is 2.28. The summed E-state index contributed by atoms with van der Waals surface area (Å²) in [7, 11) is 2.11. The number of aryl methyl sites for hydroxylation is 1. The zero-order valence-electron chi connectivity index (χ0n) is 9.81. The van der Waals surface area contributed by atoms with Crippen LogP contribution >= 0.6 is 0 Å². The van der Waals surface area contributed by atoms with Gasteiger partial charge in [0.1, 0.15) is 5.82 Å². The fourth-order valence-corrected chi connectivity index (χ4v) is 1.76. The number of hydrogen-bond donors (Lipinski definition) is 1. The SMILES string of the molecule is Cc1cnnc(NCC2CN(C)CCO2)c1. The lowest BCUT2D eigenvalue weighted by Gasteiger charge is -2.30. The number of anilines is 1. The van der Waals surface area contributed by atoms with Crippen molar-refractivity contribution in [2.75, 3.05) is 38.6 Å². The number of likely N-dealkylation sites (N-methyl/N-ethyl adjacent to an activating group) is 1. The van der Waals surface area contributed by atoms with E-state index >= 15 is 0 Å². The van der Waals surface area contributed by atoms with Gasteiger partial charge in [0, 0.05) is 19.6 Å². The molecule has 88 valence electrons. The Morgan fingerprint density at radius 3 is 3.25 bits per heavy atom. The number of nitrogens with one attached hydrogen (secondary N) is 1. The number of aromatic nitrogens is 2. The Hall–Kier alpha value is -1.20. The zero-order chi connectivity index (χ0) is 11.4. The molecule has 1 atom stereocenters. The third-order valence-corrected chi connectivity index (χ3v) is 2.64. The van der Waals surface area contributed by atoms with E-state index in [1.807, 2.05) is 13.0 Å². The van der Waals surface area contributed by atoms with Crippen molar-refractivity contribution in [2.45, 2.75) is 13.0 Å². The van der Waals surface area contributed by atoms with E-state index in [2.05, 4.69) is 27.5 Å². The second-order valence-corrected chi connectivity index (χ2v) is 4.25. The average Bonchev–Trinajstić information content (AvgIpc) is 2.27. The van der Waals surface area contributed by atoms with Crippen LogP contribution in [0.15, 0.2) is 12.3 Å². The number of morpholine rings is 1. The second-order valence-electron chi connectivity index (χ2n) is 4.25. The maximum absolute atomic E-state index is 5.65. The molecule has 1 aliphatic rings. The molecule has 0 spiro atoms. The highest BCUT2D eigenvalue weighted by Gasteiger charge is 2.17. The van der Waals surface area contributed by atoms with Gasteiger partial charge in [0.2, 0.25) is 0 Å². The molecule has 2 rings (SSSR count). The van der Waals surface area contributed by atoms with E-state index in [0.29, 0.717) is 0 Å². The van der Waals surface area contributed by atoms with Crippen molar-refractivity contribution in [1.82, 2.24) is 15.1 Å². The molecule has 16 heavy (non-hydrogen) atoms. The summed E-state index contributed by atoms with van der Waals surface area (Å²) in [5.41, 5.74) is 1.11. The van der Waals surface area contributed by atoms with Crippen LogP contribution in [0, 0.1) is 6.92 Å². The summed E-state index contributed by atoms with van der Waals surface area (Å²) in [6.07, 6.45) is 1.98. The monoisotopic (exact) mass is 222 g/mol. The summed E-state index contributed by atoms with van der Waals surface area (Å²) in [5.74, 6) is 0.817. The van der Waals surface area contributed by atoms with E-state index in [-0.39, 0.29) is 6.10 Å². The number of hydrogen-bond acceptors (Lipinski definition) is 5.